The van der Waals surface area contributed by atoms with Gasteiger partial charge < -0.3 is 5.32 Å². The molecule has 2 aliphatic rings. The molecular formula is C23H29N3O. The Hall–Kier alpha value is -2.33. The van der Waals surface area contributed by atoms with Gasteiger partial charge >= 0.3 is 6.03 Å². The highest BCUT2D eigenvalue weighted by molar-refractivity contribution is 5.96. The van der Waals surface area contributed by atoms with Gasteiger partial charge in [0.05, 0.1) is 12.1 Å². The van der Waals surface area contributed by atoms with Gasteiger partial charge in [0.2, 0.25) is 0 Å². The van der Waals surface area contributed by atoms with Crippen LogP contribution in [0.3, 0.4) is 0 Å². The SMILES string of the molecule is Cc1ccccc1N1C[C@]2(CC[C@@](c3ccccc3)(N(C)C)CC2)NC1=O. The lowest BCUT2D eigenvalue weighted by Crippen LogP contribution is -2.54. The topological polar surface area (TPSA) is 35.6 Å². The molecule has 0 aromatic heterocycles. The molecular weight excluding hydrogens is 334 g/mol. The van der Waals surface area contributed by atoms with Crippen LogP contribution in [-0.4, -0.2) is 37.1 Å². The van der Waals surface area contributed by atoms with Crippen LogP contribution in [0.25, 0.3) is 0 Å². The number of benzene rings is 2. The zero-order chi connectivity index (χ0) is 19.1. The van der Waals surface area contributed by atoms with Crippen LogP contribution in [0.15, 0.2) is 54.6 Å². The number of anilines is 1. The summed E-state index contributed by atoms with van der Waals surface area (Å²) in [5, 5.41) is 3.34. The van der Waals surface area contributed by atoms with Crippen molar-refractivity contribution in [1.29, 1.82) is 0 Å². The molecule has 2 amide bonds. The van der Waals surface area contributed by atoms with Crippen LogP contribution in [0.4, 0.5) is 10.5 Å². The van der Waals surface area contributed by atoms with Crippen molar-refractivity contribution in [1.82, 2.24) is 10.2 Å². The van der Waals surface area contributed by atoms with Crippen LogP contribution >= 0.6 is 0 Å². The molecule has 1 N–H and O–H groups in total. The number of aryl methyl sites for hydroxylation is 1. The summed E-state index contributed by atoms with van der Waals surface area (Å²) in [6.45, 7) is 2.83. The third-order valence-corrected chi connectivity index (χ3v) is 6.69. The van der Waals surface area contributed by atoms with Gasteiger partial charge in [-0.05, 0) is 63.9 Å². The lowest BCUT2D eigenvalue weighted by atomic mass is 9.69. The first-order valence-corrected chi connectivity index (χ1v) is 9.84. The fourth-order valence-corrected chi connectivity index (χ4v) is 4.94. The molecule has 0 radical (unpaired) electrons. The number of hydrogen-bond acceptors (Lipinski definition) is 2. The minimum atomic E-state index is -0.117. The summed E-state index contributed by atoms with van der Waals surface area (Å²) >= 11 is 0. The van der Waals surface area contributed by atoms with Gasteiger partial charge in [0, 0.05) is 11.2 Å². The van der Waals surface area contributed by atoms with Gasteiger partial charge in [-0.25, -0.2) is 4.79 Å². The molecule has 0 atom stereocenters. The first-order chi connectivity index (χ1) is 13.0. The number of amides is 2. The summed E-state index contributed by atoms with van der Waals surface area (Å²) in [5.74, 6) is 0. The number of hydrogen-bond donors (Lipinski definition) is 1. The number of nitrogens with zero attached hydrogens (tertiary/aromatic N) is 2. The third-order valence-electron chi connectivity index (χ3n) is 6.69. The Morgan fingerprint density at radius 2 is 1.56 bits per heavy atom. The number of rotatable bonds is 3. The summed E-state index contributed by atoms with van der Waals surface area (Å²) in [4.78, 5) is 17.1. The van der Waals surface area contributed by atoms with Crippen LogP contribution in [0.5, 0.6) is 0 Å². The van der Waals surface area contributed by atoms with Crippen molar-refractivity contribution in [3.8, 4) is 0 Å². The van der Waals surface area contributed by atoms with E-state index >= 15 is 0 Å². The van der Waals surface area contributed by atoms with Crippen LogP contribution in [0.2, 0.25) is 0 Å². The molecule has 1 heterocycles. The van der Waals surface area contributed by atoms with E-state index in [1.54, 1.807) is 0 Å². The molecule has 4 rings (SSSR count). The Morgan fingerprint density at radius 1 is 0.926 bits per heavy atom. The molecule has 4 heteroatoms. The summed E-state index contributed by atoms with van der Waals surface area (Å²) < 4.78 is 0. The highest BCUT2D eigenvalue weighted by atomic mass is 16.2. The molecule has 2 aromatic rings. The van der Waals surface area contributed by atoms with Crippen LogP contribution in [0, 0.1) is 6.92 Å². The predicted molar refractivity (Wildman–Crippen MR) is 110 cm³/mol. The maximum absolute atomic E-state index is 12.8. The molecule has 2 fully saturated rings. The van der Waals surface area contributed by atoms with E-state index in [1.165, 1.54) is 5.56 Å². The Kier molecular flexibility index (Phi) is 4.47. The molecule has 1 spiro atoms. The monoisotopic (exact) mass is 363 g/mol. The van der Waals surface area contributed by atoms with Gasteiger partial charge in [-0.3, -0.25) is 9.80 Å². The van der Waals surface area contributed by atoms with E-state index in [2.05, 4.69) is 67.6 Å². The van der Waals surface area contributed by atoms with Crippen molar-refractivity contribution in [2.24, 2.45) is 0 Å². The molecule has 1 aliphatic heterocycles. The molecule has 4 nitrogen and oxygen atoms in total. The van der Waals surface area contributed by atoms with Crippen molar-refractivity contribution in [2.45, 2.75) is 43.7 Å². The van der Waals surface area contributed by atoms with Crippen LogP contribution in [-0.2, 0) is 5.54 Å². The molecule has 27 heavy (non-hydrogen) atoms. The van der Waals surface area contributed by atoms with E-state index in [4.69, 9.17) is 0 Å². The molecule has 142 valence electrons. The van der Waals surface area contributed by atoms with Gasteiger partial charge in [0.1, 0.15) is 0 Å². The summed E-state index contributed by atoms with van der Waals surface area (Å²) in [6.07, 6.45) is 4.08. The lowest BCUT2D eigenvalue weighted by Gasteiger charge is -2.48. The number of carbonyl (C=O) groups excluding carboxylic acids is 1. The highest BCUT2D eigenvalue weighted by Crippen LogP contribution is 2.46. The summed E-state index contributed by atoms with van der Waals surface area (Å²) in [5.41, 5.74) is 3.48. The maximum Gasteiger partial charge on any atom is 0.322 e. The summed E-state index contributed by atoms with van der Waals surface area (Å²) in [7, 11) is 4.36. The van der Waals surface area contributed by atoms with E-state index in [0.29, 0.717) is 0 Å². The minimum absolute atomic E-state index is 0.0429. The second-order valence-corrected chi connectivity index (χ2v) is 8.38. The Balaban J connectivity index is 1.57. The van der Waals surface area contributed by atoms with Gasteiger partial charge in [0.25, 0.3) is 0 Å². The smallest absolute Gasteiger partial charge is 0.322 e. The second kappa shape index (κ2) is 6.68. The van der Waals surface area contributed by atoms with E-state index in [-0.39, 0.29) is 17.1 Å². The van der Waals surface area contributed by atoms with Crippen LogP contribution < -0.4 is 10.2 Å². The number of urea groups is 1. The second-order valence-electron chi connectivity index (χ2n) is 8.38. The fourth-order valence-electron chi connectivity index (χ4n) is 4.94. The quantitative estimate of drug-likeness (QED) is 0.883. The molecule has 1 aliphatic carbocycles. The zero-order valence-electron chi connectivity index (χ0n) is 16.5. The molecule has 0 unspecified atom stereocenters. The van der Waals surface area contributed by atoms with Crippen molar-refractivity contribution < 1.29 is 4.79 Å². The van der Waals surface area contributed by atoms with Gasteiger partial charge in [0.15, 0.2) is 0 Å². The first-order valence-electron chi connectivity index (χ1n) is 9.84. The van der Waals surface area contributed by atoms with E-state index < -0.39 is 0 Å². The average Bonchev–Trinajstić information content (AvgIpc) is 2.99. The Morgan fingerprint density at radius 3 is 2.19 bits per heavy atom. The normalized spacial score (nSPS) is 28.0. The van der Waals surface area contributed by atoms with Crippen molar-refractivity contribution >= 4 is 11.7 Å². The van der Waals surface area contributed by atoms with Gasteiger partial charge in [-0.2, -0.15) is 0 Å². The third kappa shape index (κ3) is 3.02. The molecule has 2 aromatic carbocycles. The van der Waals surface area contributed by atoms with Gasteiger partial charge in [-0.15, -0.1) is 0 Å². The van der Waals surface area contributed by atoms with Crippen molar-refractivity contribution in [3.05, 3.63) is 65.7 Å². The maximum atomic E-state index is 12.8. The molecule has 0 bridgehead atoms. The number of nitrogens with one attached hydrogen (secondary N) is 1. The fraction of sp³-hybridized carbons (Fsp3) is 0.435. The van der Waals surface area contributed by atoms with E-state index in [0.717, 1.165) is 43.5 Å². The highest BCUT2D eigenvalue weighted by Gasteiger charge is 2.50. The molecule has 1 saturated carbocycles. The zero-order valence-corrected chi connectivity index (χ0v) is 16.5. The molecule has 1 saturated heterocycles. The number of para-hydroxylation sites is 1. The van der Waals surface area contributed by atoms with Crippen LogP contribution in [0.1, 0.15) is 36.8 Å². The lowest BCUT2D eigenvalue weighted by molar-refractivity contribution is 0.0658. The first kappa shape index (κ1) is 18.1. The van der Waals surface area contributed by atoms with E-state index in [9.17, 15) is 4.79 Å². The predicted octanol–water partition coefficient (Wildman–Crippen LogP) is 4.29. The Labute approximate surface area is 162 Å². The minimum Gasteiger partial charge on any atom is -0.330 e. The Bertz CT molecular complexity index is 823. The van der Waals surface area contributed by atoms with Crippen molar-refractivity contribution in [3.63, 3.8) is 0 Å². The van der Waals surface area contributed by atoms with Gasteiger partial charge in [-0.1, -0.05) is 48.5 Å². The largest absolute Gasteiger partial charge is 0.330 e. The van der Waals surface area contributed by atoms with E-state index in [1.807, 2.05) is 23.1 Å². The standard InChI is InChI=1S/C23H29N3O/c1-18-9-7-8-12-20(18)26-17-22(24-21(26)27)13-15-23(16-14-22,25(2)3)19-10-5-4-6-11-19/h4-12H,13-17H2,1-3H3,(H,24,27)/t22-,23-. The number of carbonyl (C=O) groups is 1. The average molecular weight is 364 g/mol. The van der Waals surface area contributed by atoms with Crippen molar-refractivity contribution in [2.75, 3.05) is 25.5 Å². The summed E-state index contributed by atoms with van der Waals surface area (Å²) in [6, 6.07) is 19.0.